The Hall–Kier alpha value is -2.96. The smallest absolute Gasteiger partial charge is 0.373 e. The molecule has 1 fully saturated rings. The molecule has 208 valence electrons. The van der Waals surface area contributed by atoms with E-state index in [4.69, 9.17) is 4.74 Å². The number of rotatable bonds is 2. The number of likely N-dealkylation sites (tertiary alicyclic amines) is 1. The fourth-order valence-electron chi connectivity index (χ4n) is 5.88. The molecule has 0 aromatic carbocycles. The maximum absolute atomic E-state index is 13.5. The number of carbonyl (C=O) groups excluding carboxylic acids is 2. The topological polar surface area (TPSA) is 107 Å². The molecule has 2 amide bonds. The Bertz CT molecular complexity index is 1150. The highest BCUT2D eigenvalue weighted by molar-refractivity contribution is 5.83. The standard InChI is InChI=1S/C25H34F3N7O3/c26-25(27,28)22-19-5-1-2-6-20(19)35(31-22)16-21(36)33-12-8-24(9-13-33)7-3-4-11-34-15-18(30-32-34)17-38-14-10-29-23(24)37/h15H,1-14,16-17H2,(H,29,37). The van der Waals surface area contributed by atoms with E-state index in [0.29, 0.717) is 83.6 Å². The van der Waals surface area contributed by atoms with E-state index < -0.39 is 17.3 Å². The van der Waals surface area contributed by atoms with Gasteiger partial charge in [-0.05, 0) is 51.4 Å². The van der Waals surface area contributed by atoms with Gasteiger partial charge in [0.05, 0.1) is 24.8 Å². The minimum Gasteiger partial charge on any atom is -0.373 e. The van der Waals surface area contributed by atoms with Crippen LogP contribution < -0.4 is 5.32 Å². The summed E-state index contributed by atoms with van der Waals surface area (Å²) in [5.41, 5.74) is 0.0596. The summed E-state index contributed by atoms with van der Waals surface area (Å²) >= 11 is 0. The first-order valence-electron chi connectivity index (χ1n) is 13.4. The van der Waals surface area contributed by atoms with Crippen LogP contribution in [0, 0.1) is 5.41 Å². The molecule has 1 aliphatic carbocycles. The van der Waals surface area contributed by atoms with Crippen LogP contribution in [-0.4, -0.2) is 67.7 Å². The van der Waals surface area contributed by atoms with E-state index >= 15 is 0 Å². The van der Waals surface area contributed by atoms with Gasteiger partial charge >= 0.3 is 6.18 Å². The Morgan fingerprint density at radius 2 is 1.87 bits per heavy atom. The van der Waals surface area contributed by atoms with Gasteiger partial charge < -0.3 is 15.0 Å². The van der Waals surface area contributed by atoms with Gasteiger partial charge in [-0.3, -0.25) is 19.0 Å². The second-order valence-electron chi connectivity index (χ2n) is 10.5. The van der Waals surface area contributed by atoms with E-state index in [9.17, 15) is 22.8 Å². The van der Waals surface area contributed by atoms with Gasteiger partial charge in [0.1, 0.15) is 12.2 Å². The number of aryl methyl sites for hydroxylation is 1. The van der Waals surface area contributed by atoms with E-state index in [1.807, 2.05) is 6.20 Å². The first-order valence-corrected chi connectivity index (χ1v) is 13.4. The zero-order valence-corrected chi connectivity index (χ0v) is 21.4. The third-order valence-corrected chi connectivity index (χ3v) is 8.03. The predicted molar refractivity (Wildman–Crippen MR) is 129 cm³/mol. The van der Waals surface area contributed by atoms with Crippen LogP contribution in [0.2, 0.25) is 0 Å². The molecule has 10 nitrogen and oxygen atoms in total. The Labute approximate surface area is 218 Å². The van der Waals surface area contributed by atoms with Crippen LogP contribution in [0.25, 0.3) is 0 Å². The van der Waals surface area contributed by atoms with Gasteiger partial charge in [0, 0.05) is 37.4 Å². The molecule has 2 aromatic heterocycles. The molecule has 0 atom stereocenters. The lowest BCUT2D eigenvalue weighted by atomic mass is 9.73. The van der Waals surface area contributed by atoms with Crippen LogP contribution in [0.1, 0.15) is 67.6 Å². The molecule has 38 heavy (non-hydrogen) atoms. The Morgan fingerprint density at radius 1 is 1.08 bits per heavy atom. The highest BCUT2D eigenvalue weighted by atomic mass is 19.4. The summed E-state index contributed by atoms with van der Waals surface area (Å²) in [6.07, 6.45) is 3.01. The van der Waals surface area contributed by atoms with Gasteiger partial charge in [-0.1, -0.05) is 11.6 Å². The summed E-state index contributed by atoms with van der Waals surface area (Å²) in [7, 11) is 0. The van der Waals surface area contributed by atoms with Crippen LogP contribution >= 0.6 is 0 Å². The number of nitrogens with zero attached hydrogens (tertiary/aromatic N) is 6. The summed E-state index contributed by atoms with van der Waals surface area (Å²) in [5, 5.41) is 15.1. The summed E-state index contributed by atoms with van der Waals surface area (Å²) in [5.74, 6) is -0.292. The number of hydrogen-bond acceptors (Lipinski definition) is 6. The molecule has 5 rings (SSSR count). The summed E-state index contributed by atoms with van der Waals surface area (Å²) < 4.78 is 49.3. The average molecular weight is 538 g/mol. The van der Waals surface area contributed by atoms with E-state index in [1.54, 1.807) is 9.58 Å². The van der Waals surface area contributed by atoms with Gasteiger partial charge in [0.15, 0.2) is 5.69 Å². The third-order valence-electron chi connectivity index (χ3n) is 8.03. The van der Waals surface area contributed by atoms with Crippen LogP contribution in [0.5, 0.6) is 0 Å². The molecule has 2 bridgehead atoms. The Kier molecular flexibility index (Phi) is 7.73. The largest absolute Gasteiger partial charge is 0.435 e. The van der Waals surface area contributed by atoms with Crippen molar-refractivity contribution in [3.05, 3.63) is 28.8 Å². The molecule has 0 radical (unpaired) electrons. The van der Waals surface area contributed by atoms with Gasteiger partial charge in [-0.2, -0.15) is 18.3 Å². The average Bonchev–Trinajstić information content (AvgIpc) is 3.51. The number of nitrogens with one attached hydrogen (secondary N) is 1. The second kappa shape index (κ2) is 11.0. The number of aromatic nitrogens is 5. The molecule has 4 heterocycles. The van der Waals surface area contributed by atoms with Crippen molar-refractivity contribution >= 4 is 11.8 Å². The number of ether oxygens (including phenoxy) is 1. The van der Waals surface area contributed by atoms with E-state index in [2.05, 4.69) is 20.7 Å². The fourth-order valence-corrected chi connectivity index (χ4v) is 5.88. The number of fused-ring (bicyclic) bond motifs is 3. The quantitative estimate of drug-likeness (QED) is 0.631. The summed E-state index contributed by atoms with van der Waals surface area (Å²) in [6.45, 7) is 2.31. The van der Waals surface area contributed by atoms with E-state index in [1.165, 1.54) is 4.68 Å². The number of amides is 2. The van der Waals surface area contributed by atoms with Crippen molar-refractivity contribution in [1.29, 1.82) is 0 Å². The minimum atomic E-state index is -4.53. The van der Waals surface area contributed by atoms with Crippen molar-refractivity contribution in [3.63, 3.8) is 0 Å². The SMILES string of the molecule is O=C(Cn1nc(C(F)(F)F)c2c1CCCC2)N1CCC2(CCCCn3cc(nn3)COCCNC2=O)CC1. The zero-order chi connectivity index (χ0) is 26.8. The van der Waals surface area contributed by atoms with Crippen molar-refractivity contribution < 1.29 is 27.5 Å². The van der Waals surface area contributed by atoms with Gasteiger partial charge in [0.25, 0.3) is 0 Å². The summed E-state index contributed by atoms with van der Waals surface area (Å²) in [4.78, 5) is 28.1. The van der Waals surface area contributed by atoms with Crippen molar-refractivity contribution in [2.24, 2.45) is 5.41 Å². The summed E-state index contributed by atoms with van der Waals surface area (Å²) in [6, 6.07) is 0. The lowest BCUT2D eigenvalue weighted by Crippen LogP contribution is -2.51. The Morgan fingerprint density at radius 3 is 2.66 bits per heavy atom. The number of alkyl halides is 3. The van der Waals surface area contributed by atoms with Crippen molar-refractivity contribution in [2.45, 2.75) is 83.7 Å². The highest BCUT2D eigenvalue weighted by Crippen LogP contribution is 2.38. The minimum absolute atomic E-state index is 0.0295. The van der Waals surface area contributed by atoms with Crippen molar-refractivity contribution in [3.8, 4) is 0 Å². The molecule has 1 spiro atoms. The normalized spacial score (nSPS) is 21.0. The van der Waals surface area contributed by atoms with Crippen molar-refractivity contribution in [2.75, 3.05) is 26.2 Å². The maximum Gasteiger partial charge on any atom is 0.435 e. The molecule has 13 heteroatoms. The van der Waals surface area contributed by atoms with Gasteiger partial charge in [0.2, 0.25) is 11.8 Å². The Balaban J connectivity index is 1.23. The second-order valence-corrected chi connectivity index (χ2v) is 10.5. The molecule has 2 aliphatic heterocycles. The van der Waals surface area contributed by atoms with Gasteiger partial charge in [-0.25, -0.2) is 0 Å². The molecular formula is C25H34F3N7O3. The highest BCUT2D eigenvalue weighted by Gasteiger charge is 2.43. The molecular weight excluding hydrogens is 503 g/mol. The molecule has 0 saturated carbocycles. The molecule has 1 saturated heterocycles. The lowest BCUT2D eigenvalue weighted by Gasteiger charge is -2.41. The maximum atomic E-state index is 13.5. The first-order chi connectivity index (χ1) is 18.2. The van der Waals surface area contributed by atoms with E-state index in [-0.39, 0.29) is 23.9 Å². The fraction of sp³-hybridized carbons (Fsp3) is 0.720. The van der Waals surface area contributed by atoms with Crippen LogP contribution in [-0.2, 0) is 53.0 Å². The van der Waals surface area contributed by atoms with Crippen molar-refractivity contribution in [1.82, 2.24) is 35.0 Å². The third kappa shape index (κ3) is 5.71. The molecule has 2 aromatic rings. The monoisotopic (exact) mass is 537 g/mol. The molecule has 0 unspecified atom stereocenters. The van der Waals surface area contributed by atoms with E-state index in [0.717, 1.165) is 25.0 Å². The van der Waals surface area contributed by atoms with Crippen LogP contribution in [0.4, 0.5) is 13.2 Å². The van der Waals surface area contributed by atoms with Crippen LogP contribution in [0.15, 0.2) is 6.20 Å². The number of hydrogen-bond donors (Lipinski definition) is 1. The number of piperidine rings is 1. The predicted octanol–water partition coefficient (Wildman–Crippen LogP) is 2.50. The lowest BCUT2D eigenvalue weighted by molar-refractivity contribution is -0.143. The number of carbonyl (C=O) groups is 2. The number of halogens is 3. The van der Waals surface area contributed by atoms with Crippen LogP contribution in [0.3, 0.4) is 0 Å². The molecule has 3 aliphatic rings. The molecule has 1 N–H and O–H groups in total. The zero-order valence-electron chi connectivity index (χ0n) is 21.4. The van der Waals surface area contributed by atoms with Gasteiger partial charge in [-0.15, -0.1) is 5.10 Å². The first kappa shape index (κ1) is 26.6.